The van der Waals surface area contributed by atoms with Gasteiger partial charge in [-0.1, -0.05) is 39.0 Å². The van der Waals surface area contributed by atoms with Crippen LogP contribution in [0.4, 0.5) is 0 Å². The summed E-state index contributed by atoms with van der Waals surface area (Å²) in [5.41, 5.74) is 4.96. The van der Waals surface area contributed by atoms with Crippen LogP contribution in [0.1, 0.15) is 31.9 Å². The predicted octanol–water partition coefficient (Wildman–Crippen LogP) is 4.11. The zero-order chi connectivity index (χ0) is 13.8. The average molecular weight is 252 g/mol. The van der Waals surface area contributed by atoms with Crippen LogP contribution in [0, 0.1) is 6.92 Å². The second kappa shape index (κ2) is 3.77. The molecule has 0 amide bonds. The quantitative estimate of drug-likeness (QED) is 0.600. The number of hydrogen-bond donors (Lipinski definition) is 1. The van der Waals surface area contributed by atoms with E-state index < -0.39 is 0 Å². The number of rotatable bonds is 0. The molecule has 0 unspecified atom stereocenters. The Morgan fingerprint density at radius 2 is 1.74 bits per heavy atom. The van der Waals surface area contributed by atoms with Crippen LogP contribution in [0.2, 0.25) is 0 Å². The molecule has 0 aliphatic carbocycles. The topological polar surface area (TPSA) is 30.9 Å². The minimum atomic E-state index is 0.153. The van der Waals surface area contributed by atoms with Crippen molar-refractivity contribution in [2.24, 2.45) is 0 Å². The second-order valence-electron chi connectivity index (χ2n) is 6.32. The van der Waals surface area contributed by atoms with E-state index in [1.165, 1.54) is 21.9 Å². The number of benzene rings is 2. The standard InChI is InChI=1S/C17H20N2/c1-11-6-5-7-15-16(11)13-10-12(17(2,3)4)8-9-14(13)19(15)18/h5-10H,18H2,1-4H3. The molecule has 0 saturated heterocycles. The van der Waals surface area contributed by atoms with Crippen molar-refractivity contribution < 1.29 is 0 Å². The molecule has 3 aromatic rings. The fourth-order valence-electron chi connectivity index (χ4n) is 2.75. The first-order valence-electron chi connectivity index (χ1n) is 6.69. The molecule has 0 atom stereocenters. The Morgan fingerprint density at radius 3 is 2.42 bits per heavy atom. The van der Waals surface area contributed by atoms with E-state index in [-0.39, 0.29) is 5.41 Å². The van der Waals surface area contributed by atoms with Crippen LogP contribution >= 0.6 is 0 Å². The summed E-state index contributed by atoms with van der Waals surface area (Å²) in [4.78, 5) is 0. The van der Waals surface area contributed by atoms with Crippen molar-refractivity contribution in [2.75, 3.05) is 5.84 Å². The molecule has 0 aliphatic heterocycles. The zero-order valence-electron chi connectivity index (χ0n) is 12.0. The number of nitrogens with two attached hydrogens (primary N) is 1. The molecular weight excluding hydrogens is 232 g/mol. The monoisotopic (exact) mass is 252 g/mol. The molecule has 98 valence electrons. The summed E-state index contributed by atoms with van der Waals surface area (Å²) in [6.07, 6.45) is 0. The molecule has 0 bridgehead atoms. The SMILES string of the molecule is Cc1cccc2c1c1cc(C(C)(C)C)ccc1n2N. The van der Waals surface area contributed by atoms with Crippen LogP contribution in [0.3, 0.4) is 0 Å². The molecule has 2 aromatic carbocycles. The van der Waals surface area contributed by atoms with Gasteiger partial charge in [-0.05, 0) is 41.7 Å². The fraction of sp³-hybridized carbons (Fsp3) is 0.294. The largest absolute Gasteiger partial charge is 0.339 e. The first-order chi connectivity index (χ1) is 8.89. The summed E-state index contributed by atoms with van der Waals surface area (Å²) in [6, 6.07) is 12.9. The lowest BCUT2D eigenvalue weighted by Crippen LogP contribution is -2.11. The maximum absolute atomic E-state index is 6.22. The molecule has 1 aromatic heterocycles. The van der Waals surface area contributed by atoms with E-state index in [9.17, 15) is 0 Å². The van der Waals surface area contributed by atoms with E-state index in [1.807, 2.05) is 0 Å². The Kier molecular flexibility index (Phi) is 2.40. The molecule has 1 heterocycles. The van der Waals surface area contributed by atoms with Crippen LogP contribution < -0.4 is 5.84 Å². The van der Waals surface area contributed by atoms with Gasteiger partial charge in [-0.25, -0.2) is 0 Å². The molecule has 2 N–H and O–H groups in total. The number of fused-ring (bicyclic) bond motifs is 3. The number of aromatic nitrogens is 1. The van der Waals surface area contributed by atoms with Crippen molar-refractivity contribution in [3.63, 3.8) is 0 Å². The molecular formula is C17H20N2. The van der Waals surface area contributed by atoms with Gasteiger partial charge in [-0.15, -0.1) is 0 Å². The molecule has 2 nitrogen and oxygen atoms in total. The lowest BCUT2D eigenvalue weighted by Gasteiger charge is -2.19. The fourth-order valence-corrected chi connectivity index (χ4v) is 2.75. The van der Waals surface area contributed by atoms with Crippen LogP contribution in [0.15, 0.2) is 36.4 Å². The molecule has 19 heavy (non-hydrogen) atoms. The van der Waals surface area contributed by atoms with Gasteiger partial charge in [0.15, 0.2) is 0 Å². The minimum absolute atomic E-state index is 0.153. The van der Waals surface area contributed by atoms with Crippen molar-refractivity contribution >= 4 is 21.8 Å². The maximum atomic E-state index is 6.22. The van der Waals surface area contributed by atoms with Gasteiger partial charge >= 0.3 is 0 Å². The van der Waals surface area contributed by atoms with Crippen LogP contribution in [0.25, 0.3) is 21.8 Å². The van der Waals surface area contributed by atoms with E-state index in [2.05, 4.69) is 64.1 Å². The molecule has 2 heteroatoms. The van der Waals surface area contributed by atoms with Crippen molar-refractivity contribution in [3.8, 4) is 0 Å². The van der Waals surface area contributed by atoms with E-state index in [4.69, 9.17) is 5.84 Å². The summed E-state index contributed by atoms with van der Waals surface area (Å²) in [7, 11) is 0. The highest BCUT2D eigenvalue weighted by molar-refractivity contribution is 6.09. The lowest BCUT2D eigenvalue weighted by molar-refractivity contribution is 0.591. The highest BCUT2D eigenvalue weighted by atomic mass is 15.3. The summed E-state index contributed by atoms with van der Waals surface area (Å²) >= 11 is 0. The third-order valence-corrected chi connectivity index (χ3v) is 3.90. The maximum Gasteiger partial charge on any atom is 0.0706 e. The summed E-state index contributed by atoms with van der Waals surface area (Å²) < 4.78 is 1.80. The van der Waals surface area contributed by atoms with Crippen LogP contribution in [-0.4, -0.2) is 4.68 Å². The van der Waals surface area contributed by atoms with Crippen molar-refractivity contribution in [3.05, 3.63) is 47.5 Å². The summed E-state index contributed by atoms with van der Waals surface area (Å²) in [5.74, 6) is 6.22. The Balaban J connectivity index is 2.49. The molecule has 0 aliphatic rings. The number of nitrogens with zero attached hydrogens (tertiary/aromatic N) is 1. The summed E-state index contributed by atoms with van der Waals surface area (Å²) in [5, 5.41) is 2.52. The van der Waals surface area contributed by atoms with Gasteiger partial charge in [0.1, 0.15) is 0 Å². The Bertz CT molecular complexity index is 773. The molecule has 0 radical (unpaired) electrons. The van der Waals surface area contributed by atoms with Crippen LogP contribution in [-0.2, 0) is 5.41 Å². The van der Waals surface area contributed by atoms with Gasteiger partial charge in [0.2, 0.25) is 0 Å². The van der Waals surface area contributed by atoms with Gasteiger partial charge in [-0.3, -0.25) is 4.68 Å². The second-order valence-corrected chi connectivity index (χ2v) is 6.32. The van der Waals surface area contributed by atoms with E-state index in [0.717, 1.165) is 11.0 Å². The smallest absolute Gasteiger partial charge is 0.0706 e. The Hall–Kier alpha value is -1.96. The van der Waals surface area contributed by atoms with Crippen molar-refractivity contribution in [2.45, 2.75) is 33.1 Å². The highest BCUT2D eigenvalue weighted by Crippen LogP contribution is 2.33. The third kappa shape index (κ3) is 1.71. The molecule has 0 saturated carbocycles. The van der Waals surface area contributed by atoms with E-state index in [1.54, 1.807) is 4.68 Å². The minimum Gasteiger partial charge on any atom is -0.339 e. The van der Waals surface area contributed by atoms with Crippen molar-refractivity contribution in [1.29, 1.82) is 0 Å². The molecule has 3 rings (SSSR count). The Morgan fingerprint density at radius 1 is 1.00 bits per heavy atom. The van der Waals surface area contributed by atoms with Gasteiger partial charge in [0.25, 0.3) is 0 Å². The van der Waals surface area contributed by atoms with Gasteiger partial charge in [-0.2, -0.15) is 0 Å². The van der Waals surface area contributed by atoms with Crippen molar-refractivity contribution in [1.82, 2.24) is 4.68 Å². The summed E-state index contributed by atoms with van der Waals surface area (Å²) in [6.45, 7) is 8.86. The molecule has 0 fully saturated rings. The first-order valence-corrected chi connectivity index (χ1v) is 6.69. The van der Waals surface area contributed by atoms with Gasteiger partial charge in [0.05, 0.1) is 11.0 Å². The number of aryl methyl sites for hydroxylation is 1. The van der Waals surface area contributed by atoms with E-state index in [0.29, 0.717) is 0 Å². The van der Waals surface area contributed by atoms with Crippen LogP contribution in [0.5, 0.6) is 0 Å². The Labute approximate surface area is 113 Å². The van der Waals surface area contributed by atoms with Gasteiger partial charge < -0.3 is 5.84 Å². The number of hydrogen-bond acceptors (Lipinski definition) is 1. The normalized spacial score (nSPS) is 12.4. The highest BCUT2D eigenvalue weighted by Gasteiger charge is 2.17. The number of nitrogen functional groups attached to an aromatic ring is 1. The average Bonchev–Trinajstić information content (AvgIpc) is 2.63. The van der Waals surface area contributed by atoms with Gasteiger partial charge in [0, 0.05) is 10.8 Å². The zero-order valence-corrected chi connectivity index (χ0v) is 12.0. The first kappa shape index (κ1) is 12.1. The molecule has 0 spiro atoms. The van der Waals surface area contributed by atoms with E-state index >= 15 is 0 Å². The lowest BCUT2D eigenvalue weighted by atomic mass is 9.86. The predicted molar refractivity (Wildman–Crippen MR) is 83.0 cm³/mol. The third-order valence-electron chi connectivity index (χ3n) is 3.90.